The fourth-order valence-electron chi connectivity index (χ4n) is 2.47. The number of rotatable bonds is 6. The van der Waals surface area contributed by atoms with Gasteiger partial charge in [0, 0.05) is 17.3 Å². The number of halogens is 1. The molecule has 3 nitrogen and oxygen atoms in total. The molecule has 0 aliphatic carbocycles. The maximum absolute atomic E-state index is 6.11. The monoisotopic (exact) mass is 364 g/mol. The van der Waals surface area contributed by atoms with Gasteiger partial charge in [-0.25, -0.2) is 0 Å². The van der Waals surface area contributed by atoms with Crippen molar-refractivity contribution in [3.05, 3.63) is 52.9 Å². The van der Waals surface area contributed by atoms with E-state index in [1.54, 1.807) is 6.26 Å². The first-order chi connectivity index (χ1) is 11.4. The predicted octanol–water partition coefficient (Wildman–Crippen LogP) is 6.05. The van der Waals surface area contributed by atoms with Crippen molar-refractivity contribution in [2.75, 3.05) is 11.9 Å². The third kappa shape index (κ3) is 4.99. The van der Waals surface area contributed by atoms with Crippen LogP contribution in [0.25, 0.3) is 0 Å². The Bertz CT molecular complexity index is 670. The van der Waals surface area contributed by atoms with Crippen LogP contribution < -0.4 is 5.32 Å². The zero-order valence-electron chi connectivity index (χ0n) is 14.7. The van der Waals surface area contributed by atoms with Crippen molar-refractivity contribution in [1.29, 1.82) is 0 Å². The second-order valence-corrected chi connectivity index (χ2v) is 7.28. The number of furan rings is 1. The van der Waals surface area contributed by atoms with Crippen molar-refractivity contribution in [1.82, 2.24) is 4.90 Å². The van der Waals surface area contributed by atoms with Gasteiger partial charge in [0.05, 0.1) is 12.3 Å². The fourth-order valence-corrected chi connectivity index (χ4v) is 3.00. The number of anilines is 1. The first-order valence-corrected chi connectivity index (χ1v) is 9.04. The number of nitrogens with one attached hydrogen (secondary N) is 1. The van der Waals surface area contributed by atoms with Crippen molar-refractivity contribution < 1.29 is 4.42 Å². The number of benzene rings is 1. The van der Waals surface area contributed by atoms with E-state index in [-0.39, 0.29) is 6.04 Å². The SMILES string of the molecule is Cc1ccc(Cl)cc1NC(=S)N(CCC(C)C)C(C)c1ccco1. The Morgan fingerprint density at radius 1 is 1.29 bits per heavy atom. The first-order valence-electron chi connectivity index (χ1n) is 8.25. The minimum atomic E-state index is 0.0678. The van der Waals surface area contributed by atoms with Crippen molar-refractivity contribution in [2.24, 2.45) is 5.92 Å². The molecule has 1 atom stereocenters. The largest absolute Gasteiger partial charge is 0.467 e. The number of nitrogens with zero attached hydrogens (tertiary/aromatic N) is 1. The van der Waals surface area contributed by atoms with E-state index in [1.165, 1.54) is 0 Å². The molecule has 24 heavy (non-hydrogen) atoms. The molecule has 0 aliphatic rings. The van der Waals surface area contributed by atoms with Gasteiger partial charge in [-0.15, -0.1) is 0 Å². The molecule has 5 heteroatoms. The van der Waals surface area contributed by atoms with Crippen LogP contribution in [0.3, 0.4) is 0 Å². The van der Waals surface area contributed by atoms with Gasteiger partial charge in [0.15, 0.2) is 5.11 Å². The molecule has 0 fully saturated rings. The zero-order chi connectivity index (χ0) is 17.7. The Kier molecular flexibility index (Phi) is 6.69. The molecule has 0 amide bonds. The average molecular weight is 365 g/mol. The van der Waals surface area contributed by atoms with E-state index in [1.807, 2.05) is 37.3 Å². The second-order valence-electron chi connectivity index (χ2n) is 6.46. The molecule has 1 N–H and O–H groups in total. The highest BCUT2D eigenvalue weighted by Gasteiger charge is 2.21. The lowest BCUT2D eigenvalue weighted by atomic mass is 10.1. The number of thiocarbonyl (C=S) groups is 1. The number of hydrogen-bond donors (Lipinski definition) is 1. The Balaban J connectivity index is 2.18. The minimum Gasteiger partial charge on any atom is -0.467 e. The van der Waals surface area contributed by atoms with Gasteiger partial charge < -0.3 is 14.6 Å². The van der Waals surface area contributed by atoms with E-state index in [2.05, 4.69) is 31.0 Å². The van der Waals surface area contributed by atoms with Crippen LogP contribution in [0.1, 0.15) is 44.6 Å². The molecule has 1 aromatic heterocycles. The van der Waals surface area contributed by atoms with Gasteiger partial charge in [0.25, 0.3) is 0 Å². The Hall–Kier alpha value is -1.52. The van der Waals surface area contributed by atoms with Crippen LogP contribution in [0, 0.1) is 12.8 Å². The highest BCUT2D eigenvalue weighted by atomic mass is 35.5. The van der Waals surface area contributed by atoms with Crippen molar-refractivity contribution >= 4 is 34.6 Å². The summed E-state index contributed by atoms with van der Waals surface area (Å²) >= 11 is 11.8. The smallest absolute Gasteiger partial charge is 0.174 e. The lowest BCUT2D eigenvalue weighted by Gasteiger charge is -2.31. The van der Waals surface area contributed by atoms with E-state index in [9.17, 15) is 0 Å². The standard InChI is InChI=1S/C19H25ClN2OS/c1-13(2)9-10-22(15(4)18-6-5-11-23-18)19(24)21-17-12-16(20)8-7-14(17)3/h5-8,11-13,15H,9-10H2,1-4H3,(H,21,24). The Labute approximate surface area is 155 Å². The minimum absolute atomic E-state index is 0.0678. The Morgan fingerprint density at radius 2 is 2.04 bits per heavy atom. The third-order valence-electron chi connectivity index (χ3n) is 4.07. The molecule has 130 valence electrons. The van der Waals surface area contributed by atoms with Crippen molar-refractivity contribution in [3.63, 3.8) is 0 Å². The molecule has 0 saturated carbocycles. The van der Waals surface area contributed by atoms with Crippen LogP contribution in [0.2, 0.25) is 5.02 Å². The van der Waals surface area contributed by atoms with Gasteiger partial charge in [-0.05, 0) is 68.2 Å². The van der Waals surface area contributed by atoms with Gasteiger partial charge >= 0.3 is 0 Å². The molecule has 0 aliphatic heterocycles. The summed E-state index contributed by atoms with van der Waals surface area (Å²) in [4.78, 5) is 2.18. The summed E-state index contributed by atoms with van der Waals surface area (Å²) in [6.07, 6.45) is 2.76. The fraction of sp³-hybridized carbons (Fsp3) is 0.421. The lowest BCUT2D eigenvalue weighted by molar-refractivity contribution is 0.281. The molecule has 1 unspecified atom stereocenters. The molecule has 0 bridgehead atoms. The quantitative estimate of drug-likeness (QED) is 0.632. The predicted molar refractivity (Wildman–Crippen MR) is 106 cm³/mol. The second kappa shape index (κ2) is 8.54. The van der Waals surface area contributed by atoms with Gasteiger partial charge in [0.2, 0.25) is 0 Å². The van der Waals surface area contributed by atoms with Crippen LogP contribution in [0.4, 0.5) is 5.69 Å². The molecule has 0 saturated heterocycles. The molecule has 2 rings (SSSR count). The van der Waals surface area contributed by atoms with Gasteiger partial charge in [-0.2, -0.15) is 0 Å². The molecular formula is C19H25ClN2OS. The van der Waals surface area contributed by atoms with Gasteiger partial charge in [-0.3, -0.25) is 0 Å². The van der Waals surface area contributed by atoms with Crippen LogP contribution in [-0.2, 0) is 0 Å². The summed E-state index contributed by atoms with van der Waals surface area (Å²) in [5.41, 5.74) is 2.05. The summed E-state index contributed by atoms with van der Waals surface area (Å²) in [5, 5.41) is 4.73. The topological polar surface area (TPSA) is 28.4 Å². The van der Waals surface area contributed by atoms with Gasteiger partial charge in [0.1, 0.15) is 5.76 Å². The summed E-state index contributed by atoms with van der Waals surface area (Å²) in [6.45, 7) is 9.44. The number of aryl methyl sites for hydroxylation is 1. The van der Waals surface area contributed by atoms with E-state index < -0.39 is 0 Å². The van der Waals surface area contributed by atoms with Crippen molar-refractivity contribution in [2.45, 2.75) is 40.2 Å². The lowest BCUT2D eigenvalue weighted by Crippen LogP contribution is -2.38. The highest BCUT2D eigenvalue weighted by Crippen LogP contribution is 2.25. The van der Waals surface area contributed by atoms with Crippen LogP contribution >= 0.6 is 23.8 Å². The molecule has 1 aromatic carbocycles. The Morgan fingerprint density at radius 3 is 2.67 bits per heavy atom. The molecule has 0 radical (unpaired) electrons. The maximum Gasteiger partial charge on any atom is 0.174 e. The molecule has 1 heterocycles. The zero-order valence-corrected chi connectivity index (χ0v) is 16.2. The summed E-state index contributed by atoms with van der Waals surface area (Å²) in [5.74, 6) is 1.51. The summed E-state index contributed by atoms with van der Waals surface area (Å²) in [6, 6.07) is 9.74. The van der Waals surface area contributed by atoms with Crippen LogP contribution in [-0.4, -0.2) is 16.6 Å². The maximum atomic E-state index is 6.11. The van der Waals surface area contributed by atoms with Gasteiger partial charge in [-0.1, -0.05) is 31.5 Å². The normalized spacial score (nSPS) is 12.2. The van der Waals surface area contributed by atoms with E-state index in [4.69, 9.17) is 28.2 Å². The van der Waals surface area contributed by atoms with Crippen LogP contribution in [0.5, 0.6) is 0 Å². The molecular weight excluding hydrogens is 340 g/mol. The van der Waals surface area contributed by atoms with Crippen LogP contribution in [0.15, 0.2) is 41.0 Å². The molecule has 0 spiro atoms. The third-order valence-corrected chi connectivity index (χ3v) is 4.64. The average Bonchev–Trinajstić information content (AvgIpc) is 3.05. The van der Waals surface area contributed by atoms with Crippen molar-refractivity contribution in [3.8, 4) is 0 Å². The molecule has 2 aromatic rings. The highest BCUT2D eigenvalue weighted by molar-refractivity contribution is 7.80. The summed E-state index contributed by atoms with van der Waals surface area (Å²) in [7, 11) is 0. The van der Waals surface area contributed by atoms with E-state index in [0.29, 0.717) is 16.1 Å². The van der Waals surface area contributed by atoms with E-state index >= 15 is 0 Å². The summed E-state index contributed by atoms with van der Waals surface area (Å²) < 4.78 is 5.58. The number of hydrogen-bond acceptors (Lipinski definition) is 2. The first kappa shape index (κ1) is 18.8. The van der Waals surface area contributed by atoms with E-state index in [0.717, 1.165) is 30.0 Å².